The van der Waals surface area contributed by atoms with Crippen LogP contribution in [0.5, 0.6) is 5.75 Å². The second-order valence-electron chi connectivity index (χ2n) is 13.6. The molecule has 0 spiro atoms. The zero-order valence-corrected chi connectivity index (χ0v) is 27.6. The molecule has 1 amide bonds. The van der Waals surface area contributed by atoms with Gasteiger partial charge in [0.2, 0.25) is 0 Å². The second-order valence-corrected chi connectivity index (χ2v) is 13.6. The molecule has 47 heavy (non-hydrogen) atoms. The number of amides is 1. The molecule has 2 aromatic rings. The Morgan fingerprint density at radius 1 is 1.11 bits per heavy atom. The second kappa shape index (κ2) is 12.6. The molecule has 4 fully saturated rings. The highest BCUT2D eigenvalue weighted by Gasteiger charge is 2.57. The SMILES string of the molecule is CN/C=C(/c1cc(C(C)C)c(F)cc1OC)C1C(CN2C(=O)O[C@H](c3cc(C4CC4)cc(C(F)(F)F)c3)[C@@H]2C)N1[C@H](C)N1CC(F)C1. The number of likely N-dealkylation sites (tertiary alicyclic amines) is 1. The van der Waals surface area contributed by atoms with Crippen LogP contribution in [0.2, 0.25) is 0 Å². The lowest BCUT2D eigenvalue weighted by Crippen LogP contribution is -2.55. The number of ether oxygens (including phenoxy) is 2. The molecule has 0 bridgehead atoms. The average molecular weight is 663 g/mol. The van der Waals surface area contributed by atoms with Gasteiger partial charge in [-0.25, -0.2) is 13.6 Å². The molecule has 3 heterocycles. The lowest BCUT2D eigenvalue weighted by Gasteiger charge is -2.40. The first-order valence-corrected chi connectivity index (χ1v) is 16.3. The van der Waals surface area contributed by atoms with Gasteiger partial charge < -0.3 is 14.8 Å². The summed E-state index contributed by atoms with van der Waals surface area (Å²) in [4.78, 5) is 19.2. The molecule has 6 rings (SSSR count). The van der Waals surface area contributed by atoms with Crippen LogP contribution < -0.4 is 10.1 Å². The molecular formula is C35H43F5N4O3. The number of benzene rings is 2. The number of rotatable bonds is 11. The van der Waals surface area contributed by atoms with Crippen LogP contribution >= 0.6 is 0 Å². The molecule has 7 nitrogen and oxygen atoms in total. The molecule has 1 saturated carbocycles. The molecule has 1 N–H and O–H groups in total. The van der Waals surface area contributed by atoms with Crippen molar-refractivity contribution in [1.29, 1.82) is 0 Å². The first kappa shape index (κ1) is 33.5. The van der Waals surface area contributed by atoms with Crippen LogP contribution in [0, 0.1) is 5.82 Å². The smallest absolute Gasteiger partial charge is 0.416 e. The number of carbonyl (C=O) groups is 1. The van der Waals surface area contributed by atoms with E-state index in [0.717, 1.165) is 24.5 Å². The van der Waals surface area contributed by atoms with Gasteiger partial charge in [-0.3, -0.25) is 14.7 Å². The molecule has 3 saturated heterocycles. The van der Waals surface area contributed by atoms with E-state index in [0.29, 0.717) is 41.1 Å². The molecule has 6 atom stereocenters. The third-order valence-electron chi connectivity index (χ3n) is 10.1. The molecule has 1 aliphatic carbocycles. The Labute approximate surface area is 272 Å². The van der Waals surface area contributed by atoms with Crippen molar-refractivity contribution < 1.29 is 36.2 Å². The van der Waals surface area contributed by atoms with Gasteiger partial charge in [0.05, 0.1) is 30.9 Å². The fraction of sp³-hybridized carbons (Fsp3) is 0.571. The van der Waals surface area contributed by atoms with E-state index in [1.807, 2.05) is 31.9 Å². The van der Waals surface area contributed by atoms with Crippen LogP contribution in [0.1, 0.15) is 86.3 Å². The maximum atomic E-state index is 15.0. The average Bonchev–Trinajstić information content (AvgIpc) is 3.93. The summed E-state index contributed by atoms with van der Waals surface area (Å²) in [6.07, 6.45) is -3.56. The Balaban J connectivity index is 1.32. The molecule has 256 valence electrons. The van der Waals surface area contributed by atoms with Gasteiger partial charge in [-0.1, -0.05) is 19.9 Å². The maximum Gasteiger partial charge on any atom is 0.416 e. The highest BCUT2D eigenvalue weighted by atomic mass is 19.4. The molecule has 4 aliphatic rings. The van der Waals surface area contributed by atoms with Gasteiger partial charge in [0.1, 0.15) is 23.8 Å². The van der Waals surface area contributed by atoms with Gasteiger partial charge in [0.15, 0.2) is 0 Å². The fourth-order valence-electron chi connectivity index (χ4n) is 7.26. The summed E-state index contributed by atoms with van der Waals surface area (Å²) >= 11 is 0. The predicted octanol–water partition coefficient (Wildman–Crippen LogP) is 7.05. The van der Waals surface area contributed by atoms with Crippen molar-refractivity contribution in [3.05, 3.63) is 70.2 Å². The minimum absolute atomic E-state index is 0.0866. The summed E-state index contributed by atoms with van der Waals surface area (Å²) in [5.74, 6) is 0.000873. The van der Waals surface area contributed by atoms with Crippen molar-refractivity contribution in [2.24, 2.45) is 0 Å². The number of carbonyl (C=O) groups excluding carboxylic acids is 1. The lowest BCUT2D eigenvalue weighted by atomic mass is 9.93. The fourth-order valence-corrected chi connectivity index (χ4v) is 7.26. The summed E-state index contributed by atoms with van der Waals surface area (Å²) in [6, 6.07) is 6.19. The van der Waals surface area contributed by atoms with Crippen LogP contribution in [0.25, 0.3) is 5.57 Å². The van der Waals surface area contributed by atoms with Gasteiger partial charge in [-0.05, 0) is 79.0 Å². The third kappa shape index (κ3) is 6.42. The van der Waals surface area contributed by atoms with Gasteiger partial charge in [0.25, 0.3) is 0 Å². The highest BCUT2D eigenvalue weighted by molar-refractivity contribution is 5.78. The normalized spacial score (nSPS) is 27.6. The summed E-state index contributed by atoms with van der Waals surface area (Å²) in [5.41, 5.74) is 2.28. The zero-order chi connectivity index (χ0) is 33.9. The van der Waals surface area contributed by atoms with Crippen molar-refractivity contribution in [2.45, 2.75) is 95.1 Å². The number of halogens is 5. The predicted molar refractivity (Wildman–Crippen MR) is 168 cm³/mol. The van der Waals surface area contributed by atoms with E-state index in [4.69, 9.17) is 9.47 Å². The molecule has 0 aromatic heterocycles. The first-order valence-electron chi connectivity index (χ1n) is 16.3. The van der Waals surface area contributed by atoms with E-state index in [9.17, 15) is 22.4 Å². The number of cyclic esters (lactones) is 1. The minimum Gasteiger partial charge on any atom is -0.496 e. The molecule has 3 aliphatic heterocycles. The number of methoxy groups -OCH3 is 1. The number of alkyl halides is 4. The summed E-state index contributed by atoms with van der Waals surface area (Å²) in [7, 11) is 3.25. The Morgan fingerprint density at radius 3 is 2.36 bits per heavy atom. The number of nitrogens with one attached hydrogen (secondary N) is 1. The summed E-state index contributed by atoms with van der Waals surface area (Å²) < 4.78 is 82.0. The Bertz CT molecular complexity index is 1540. The topological polar surface area (TPSA) is 57.0 Å². The third-order valence-corrected chi connectivity index (χ3v) is 10.1. The van der Waals surface area contributed by atoms with Crippen LogP contribution in [-0.4, -0.2) is 85.0 Å². The summed E-state index contributed by atoms with van der Waals surface area (Å²) in [5, 5.41) is 3.11. The lowest BCUT2D eigenvalue weighted by molar-refractivity contribution is -0.137. The molecule has 3 unspecified atom stereocenters. The number of nitrogens with zero attached hydrogens (tertiary/aromatic N) is 3. The first-order chi connectivity index (χ1) is 22.2. The van der Waals surface area contributed by atoms with E-state index in [2.05, 4.69) is 10.2 Å². The monoisotopic (exact) mass is 662 g/mol. The Hall–Kier alpha value is -3.38. The quantitative estimate of drug-likeness (QED) is 0.206. The van der Waals surface area contributed by atoms with Crippen LogP contribution in [-0.2, 0) is 10.9 Å². The van der Waals surface area contributed by atoms with Gasteiger partial charge in [-0.15, -0.1) is 0 Å². The van der Waals surface area contributed by atoms with Crippen molar-refractivity contribution in [3.8, 4) is 5.75 Å². The van der Waals surface area contributed by atoms with Crippen molar-refractivity contribution >= 4 is 11.7 Å². The van der Waals surface area contributed by atoms with Crippen molar-refractivity contribution in [1.82, 2.24) is 20.0 Å². The Kier molecular flexibility index (Phi) is 8.97. The Morgan fingerprint density at radius 2 is 1.79 bits per heavy atom. The molecule has 2 aromatic carbocycles. The van der Waals surface area contributed by atoms with E-state index in [1.54, 1.807) is 31.0 Å². The maximum absolute atomic E-state index is 15.0. The highest BCUT2D eigenvalue weighted by Crippen LogP contribution is 2.48. The number of hydrogen-bond donors (Lipinski definition) is 1. The van der Waals surface area contributed by atoms with E-state index in [-0.39, 0.29) is 42.4 Å². The molecule has 0 radical (unpaired) electrons. The standard InChI is InChI=1S/C35H43F5N4O3/c1-18(2)26-12-27(31(46-6)13-29(26)37)28(14-41-5)32-30(44(32)20(4)42-15-25(36)16-42)17-43-19(3)33(47-34(43)45)23-9-22(21-7-8-21)10-24(11-23)35(38,39)40/h9-14,18-21,25,30,32-33,41H,7-8,15-17H2,1-6H3/b28-14-/t19-,20+,30?,32?,33-,44?/m0/s1. The zero-order valence-electron chi connectivity index (χ0n) is 27.6. The molecular weight excluding hydrogens is 619 g/mol. The van der Waals surface area contributed by atoms with Crippen LogP contribution in [0.15, 0.2) is 36.5 Å². The minimum atomic E-state index is -4.52. The van der Waals surface area contributed by atoms with Crippen molar-refractivity contribution in [2.75, 3.05) is 33.8 Å². The van der Waals surface area contributed by atoms with E-state index >= 15 is 4.39 Å². The number of hydrogen-bond acceptors (Lipinski definition) is 6. The van der Waals surface area contributed by atoms with Crippen molar-refractivity contribution in [3.63, 3.8) is 0 Å². The van der Waals surface area contributed by atoms with Crippen LogP contribution in [0.3, 0.4) is 0 Å². The largest absolute Gasteiger partial charge is 0.496 e. The van der Waals surface area contributed by atoms with Gasteiger partial charge in [0, 0.05) is 50.6 Å². The summed E-state index contributed by atoms with van der Waals surface area (Å²) in [6.45, 7) is 8.43. The van der Waals surface area contributed by atoms with E-state index < -0.39 is 36.2 Å². The van der Waals surface area contributed by atoms with Crippen LogP contribution in [0.4, 0.5) is 26.7 Å². The van der Waals surface area contributed by atoms with E-state index in [1.165, 1.54) is 19.2 Å². The van der Waals surface area contributed by atoms with Gasteiger partial charge >= 0.3 is 12.3 Å². The van der Waals surface area contributed by atoms with Gasteiger partial charge in [-0.2, -0.15) is 13.2 Å². The molecule has 12 heteroatoms.